The maximum atomic E-state index is 13.1. The number of amides is 2. The number of halogens is 2. The van der Waals surface area contributed by atoms with Crippen molar-refractivity contribution in [3.05, 3.63) is 93.0 Å². The Kier molecular flexibility index (Phi) is 7.95. The van der Waals surface area contributed by atoms with E-state index in [1.165, 1.54) is 23.3 Å². The monoisotopic (exact) mass is 545 g/mol. The first-order valence-electron chi connectivity index (χ1n) is 11.7. The molecule has 1 aliphatic heterocycles. The zero-order chi connectivity index (χ0) is 26.0. The van der Waals surface area contributed by atoms with Gasteiger partial charge in [-0.2, -0.15) is 0 Å². The van der Waals surface area contributed by atoms with Crippen molar-refractivity contribution in [1.29, 1.82) is 0 Å². The summed E-state index contributed by atoms with van der Waals surface area (Å²) >= 11 is 12.3. The summed E-state index contributed by atoms with van der Waals surface area (Å²) in [5.41, 5.74) is 4.41. The van der Waals surface area contributed by atoms with Crippen LogP contribution >= 0.6 is 23.2 Å². The van der Waals surface area contributed by atoms with Gasteiger partial charge in [-0.05, 0) is 79.9 Å². The zero-order valence-corrected chi connectivity index (χ0v) is 22.7. The molecule has 1 heterocycles. The molecule has 0 radical (unpaired) electrons. The van der Waals surface area contributed by atoms with Crippen LogP contribution in [-0.4, -0.2) is 32.4 Å². The molecule has 190 valence electrons. The zero-order valence-electron chi connectivity index (χ0n) is 20.4. The van der Waals surface area contributed by atoms with Crippen LogP contribution in [0.1, 0.15) is 42.1 Å². The minimum Gasteiger partial charge on any atom is -0.331 e. The molecule has 36 heavy (non-hydrogen) atoms. The average molecular weight is 547 g/mol. The maximum absolute atomic E-state index is 13.1. The molecule has 3 aromatic rings. The van der Waals surface area contributed by atoms with Gasteiger partial charge in [-0.15, -0.1) is 0 Å². The van der Waals surface area contributed by atoms with E-state index in [0.717, 1.165) is 18.5 Å². The van der Waals surface area contributed by atoms with Gasteiger partial charge < -0.3 is 10.6 Å². The van der Waals surface area contributed by atoms with Crippen LogP contribution in [-0.2, 0) is 28.6 Å². The molecule has 2 amide bonds. The molecule has 2 atom stereocenters. The van der Waals surface area contributed by atoms with Gasteiger partial charge in [-0.25, -0.2) is 13.2 Å². The van der Waals surface area contributed by atoms with Crippen LogP contribution in [0, 0.1) is 0 Å². The molecule has 0 aliphatic carbocycles. The molecule has 0 spiro atoms. The highest BCUT2D eigenvalue weighted by Gasteiger charge is 2.22. The van der Waals surface area contributed by atoms with Crippen LogP contribution in [0.25, 0.3) is 0 Å². The number of nitrogens with one attached hydrogen (secondary N) is 2. The predicted octanol–water partition coefficient (Wildman–Crippen LogP) is 6.23. The molecule has 0 bridgehead atoms. The first-order valence-corrected chi connectivity index (χ1v) is 14.1. The summed E-state index contributed by atoms with van der Waals surface area (Å²) < 4.78 is 26.1. The van der Waals surface area contributed by atoms with Crippen molar-refractivity contribution in [3.63, 3.8) is 0 Å². The van der Waals surface area contributed by atoms with Gasteiger partial charge in [0.2, 0.25) is 0 Å². The molecule has 4 rings (SSSR count). The normalized spacial score (nSPS) is 16.8. The summed E-state index contributed by atoms with van der Waals surface area (Å²) in [6.45, 7) is 4.85. The molecular formula is C27H29Cl2N3O3S. The van der Waals surface area contributed by atoms with Crippen molar-refractivity contribution in [2.24, 2.45) is 0 Å². The van der Waals surface area contributed by atoms with Crippen molar-refractivity contribution in [3.8, 4) is 0 Å². The number of fused-ring (bicyclic) bond motifs is 1. The molecule has 2 unspecified atom stereocenters. The van der Waals surface area contributed by atoms with Gasteiger partial charge in [0.1, 0.15) is 0 Å². The third kappa shape index (κ3) is 6.03. The van der Waals surface area contributed by atoms with Crippen molar-refractivity contribution in [2.45, 2.75) is 49.5 Å². The smallest absolute Gasteiger partial charge is 0.319 e. The largest absolute Gasteiger partial charge is 0.331 e. The Bertz CT molecular complexity index is 1380. The maximum Gasteiger partial charge on any atom is 0.319 e. The van der Waals surface area contributed by atoms with Crippen LogP contribution in [0.5, 0.6) is 0 Å². The standard InChI is InChI=1S/C27H29Cl2N3O3S/c1-17-13-21-14-19(7-8-20(21)15-32(17)3)16-36(34,35)23-11-9-22(10-12-23)31-27(33)30-18(2)24-5-4-6-25(28)26(24)29/h4-12,14,17-18H,13,15-16H2,1-3H3,(H2,30,31,33). The second-order valence-corrected chi connectivity index (χ2v) is 12.1. The SMILES string of the molecule is CC(NC(=O)Nc1ccc(S(=O)(=O)Cc2ccc3c(c2)CC(C)N(C)C3)cc1)c1cccc(Cl)c1Cl. The lowest BCUT2D eigenvalue weighted by molar-refractivity contribution is 0.231. The Morgan fingerprint density at radius 2 is 1.81 bits per heavy atom. The number of hydrogen-bond acceptors (Lipinski definition) is 4. The van der Waals surface area contributed by atoms with E-state index < -0.39 is 15.9 Å². The Labute approximate surface area is 222 Å². The van der Waals surface area contributed by atoms with Crippen LogP contribution in [0.2, 0.25) is 10.0 Å². The van der Waals surface area contributed by atoms with Crippen LogP contribution in [0.3, 0.4) is 0 Å². The number of benzene rings is 3. The van der Waals surface area contributed by atoms with E-state index in [-0.39, 0.29) is 16.7 Å². The Balaban J connectivity index is 1.39. The van der Waals surface area contributed by atoms with E-state index in [1.54, 1.807) is 37.3 Å². The lowest BCUT2D eigenvalue weighted by Gasteiger charge is -2.31. The number of likely N-dealkylation sites (N-methyl/N-ethyl adjacent to an activating group) is 1. The number of hydrogen-bond donors (Lipinski definition) is 2. The second kappa shape index (κ2) is 10.8. The lowest BCUT2D eigenvalue weighted by Crippen LogP contribution is -2.35. The minimum absolute atomic E-state index is 0.0737. The lowest BCUT2D eigenvalue weighted by atomic mass is 9.94. The average Bonchev–Trinajstić information content (AvgIpc) is 2.81. The van der Waals surface area contributed by atoms with Crippen molar-refractivity contribution in [2.75, 3.05) is 12.4 Å². The molecule has 0 fully saturated rings. The molecule has 2 N–H and O–H groups in total. The van der Waals surface area contributed by atoms with Crippen molar-refractivity contribution >= 4 is 44.8 Å². The van der Waals surface area contributed by atoms with Gasteiger partial charge in [0.05, 0.1) is 26.7 Å². The van der Waals surface area contributed by atoms with Gasteiger partial charge in [0, 0.05) is 18.3 Å². The van der Waals surface area contributed by atoms with Gasteiger partial charge in [-0.3, -0.25) is 4.90 Å². The van der Waals surface area contributed by atoms with E-state index in [1.807, 2.05) is 18.2 Å². The second-order valence-electron chi connectivity index (χ2n) is 9.32. The van der Waals surface area contributed by atoms with E-state index in [2.05, 4.69) is 29.5 Å². The van der Waals surface area contributed by atoms with Gasteiger partial charge in [0.15, 0.2) is 9.84 Å². The molecule has 0 saturated carbocycles. The minimum atomic E-state index is -3.54. The summed E-state index contributed by atoms with van der Waals surface area (Å²) in [4.78, 5) is 15.0. The van der Waals surface area contributed by atoms with E-state index in [0.29, 0.717) is 27.3 Å². The summed E-state index contributed by atoms with van der Waals surface area (Å²) in [7, 11) is -1.44. The van der Waals surface area contributed by atoms with Crippen molar-refractivity contribution in [1.82, 2.24) is 10.2 Å². The number of nitrogens with zero attached hydrogens (tertiary/aromatic N) is 1. The van der Waals surface area contributed by atoms with Gasteiger partial charge in [-0.1, -0.05) is 53.5 Å². The third-order valence-corrected chi connectivity index (χ3v) is 9.12. The summed E-state index contributed by atoms with van der Waals surface area (Å²) in [6.07, 6.45) is 0.907. The molecule has 0 saturated heterocycles. The van der Waals surface area contributed by atoms with Crippen molar-refractivity contribution < 1.29 is 13.2 Å². The highest BCUT2D eigenvalue weighted by Crippen LogP contribution is 2.30. The molecule has 3 aromatic carbocycles. The van der Waals surface area contributed by atoms with Gasteiger partial charge >= 0.3 is 6.03 Å². The van der Waals surface area contributed by atoms with E-state index in [9.17, 15) is 13.2 Å². The molecule has 1 aliphatic rings. The topological polar surface area (TPSA) is 78.5 Å². The quantitative estimate of drug-likeness (QED) is 0.385. The van der Waals surface area contributed by atoms with Crippen LogP contribution in [0.15, 0.2) is 65.6 Å². The van der Waals surface area contributed by atoms with Crippen LogP contribution in [0.4, 0.5) is 10.5 Å². The molecule has 6 nitrogen and oxygen atoms in total. The fourth-order valence-electron chi connectivity index (χ4n) is 4.36. The number of anilines is 1. The number of rotatable bonds is 6. The Morgan fingerprint density at radius 3 is 2.53 bits per heavy atom. The van der Waals surface area contributed by atoms with E-state index in [4.69, 9.17) is 23.2 Å². The summed E-state index contributed by atoms with van der Waals surface area (Å²) in [6, 6.07) is 17.0. The van der Waals surface area contributed by atoms with Crippen LogP contribution < -0.4 is 10.6 Å². The first-order chi connectivity index (χ1) is 17.0. The fourth-order valence-corrected chi connectivity index (χ4v) is 6.16. The summed E-state index contributed by atoms with van der Waals surface area (Å²) in [5.74, 6) is -0.0737. The number of urea groups is 1. The number of carbonyl (C=O) groups is 1. The molecule has 0 aromatic heterocycles. The predicted molar refractivity (Wildman–Crippen MR) is 145 cm³/mol. The third-order valence-electron chi connectivity index (χ3n) is 6.58. The highest BCUT2D eigenvalue weighted by atomic mass is 35.5. The number of carbonyl (C=O) groups excluding carboxylic acids is 1. The van der Waals surface area contributed by atoms with E-state index >= 15 is 0 Å². The molecular weight excluding hydrogens is 517 g/mol. The highest BCUT2D eigenvalue weighted by molar-refractivity contribution is 7.90. The Hall–Kier alpha value is -2.58. The summed E-state index contributed by atoms with van der Waals surface area (Å²) in [5, 5.41) is 6.33. The number of sulfone groups is 1. The first kappa shape index (κ1) is 26.5. The Morgan fingerprint density at radius 1 is 1.08 bits per heavy atom. The van der Waals surface area contributed by atoms with Gasteiger partial charge in [0.25, 0.3) is 0 Å². The molecule has 9 heteroatoms. The fraction of sp³-hybridized carbons (Fsp3) is 0.296.